The van der Waals surface area contributed by atoms with Gasteiger partial charge >= 0.3 is 0 Å². The van der Waals surface area contributed by atoms with Gasteiger partial charge in [-0.3, -0.25) is 4.79 Å². The number of hydrogen-bond donors (Lipinski definition) is 3. The van der Waals surface area contributed by atoms with E-state index in [1.807, 2.05) is 25.1 Å². The van der Waals surface area contributed by atoms with E-state index in [1.54, 1.807) is 0 Å². The number of H-pyrrole nitrogens is 1. The standard InChI is InChI=1S/C19H27N3O/c1-3-5-11-21-17-8-6-7-14-15-12-13(19(23)20-4-2)9-10-16(15)22-18(14)17/h9-10,12,17,21-22H,3-8,11H2,1-2H3,(H,20,23). The summed E-state index contributed by atoms with van der Waals surface area (Å²) in [6.07, 6.45) is 5.92. The van der Waals surface area contributed by atoms with Crippen molar-refractivity contribution >= 4 is 16.8 Å². The van der Waals surface area contributed by atoms with Crippen LogP contribution in [0.15, 0.2) is 18.2 Å². The predicted molar refractivity (Wildman–Crippen MR) is 94.9 cm³/mol. The quantitative estimate of drug-likeness (QED) is 0.712. The lowest BCUT2D eigenvalue weighted by Crippen LogP contribution is -2.26. The fourth-order valence-electron chi connectivity index (χ4n) is 3.52. The largest absolute Gasteiger partial charge is 0.357 e. The van der Waals surface area contributed by atoms with Crippen LogP contribution in [0.25, 0.3) is 10.9 Å². The van der Waals surface area contributed by atoms with Crippen LogP contribution in [0.1, 0.15) is 67.2 Å². The summed E-state index contributed by atoms with van der Waals surface area (Å²) >= 11 is 0. The Balaban J connectivity index is 1.91. The van der Waals surface area contributed by atoms with Gasteiger partial charge in [0, 0.05) is 34.7 Å². The molecule has 2 aromatic rings. The van der Waals surface area contributed by atoms with Crippen molar-refractivity contribution in [3.63, 3.8) is 0 Å². The van der Waals surface area contributed by atoms with E-state index in [1.165, 1.54) is 42.3 Å². The van der Waals surface area contributed by atoms with E-state index in [0.717, 1.165) is 24.0 Å². The minimum atomic E-state index is 0.0118. The molecule has 1 aromatic carbocycles. The normalized spacial score (nSPS) is 17.2. The van der Waals surface area contributed by atoms with Gasteiger partial charge < -0.3 is 15.6 Å². The monoisotopic (exact) mass is 313 g/mol. The Morgan fingerprint density at radius 1 is 1.35 bits per heavy atom. The first-order valence-electron chi connectivity index (χ1n) is 8.90. The number of aromatic nitrogens is 1. The molecule has 0 aliphatic heterocycles. The summed E-state index contributed by atoms with van der Waals surface area (Å²) in [7, 11) is 0. The second-order valence-electron chi connectivity index (χ2n) is 6.39. The molecule has 3 rings (SSSR count). The second-order valence-corrected chi connectivity index (χ2v) is 6.39. The van der Waals surface area contributed by atoms with Gasteiger partial charge in [0.1, 0.15) is 0 Å². The lowest BCUT2D eigenvalue weighted by atomic mass is 9.91. The Labute approximate surface area is 138 Å². The Bertz CT molecular complexity index is 689. The van der Waals surface area contributed by atoms with Crippen LogP contribution in [0.4, 0.5) is 0 Å². The molecule has 4 nitrogen and oxygen atoms in total. The lowest BCUT2D eigenvalue weighted by molar-refractivity contribution is 0.0956. The molecule has 1 heterocycles. The van der Waals surface area contributed by atoms with Crippen molar-refractivity contribution in [2.75, 3.05) is 13.1 Å². The van der Waals surface area contributed by atoms with Crippen molar-refractivity contribution in [3.8, 4) is 0 Å². The summed E-state index contributed by atoms with van der Waals surface area (Å²) in [5, 5.41) is 7.78. The van der Waals surface area contributed by atoms with Crippen LogP contribution in [0.3, 0.4) is 0 Å². The summed E-state index contributed by atoms with van der Waals surface area (Å²) in [4.78, 5) is 15.7. The summed E-state index contributed by atoms with van der Waals surface area (Å²) in [5.41, 5.74) is 4.62. The second kappa shape index (κ2) is 7.18. The molecule has 0 bridgehead atoms. The highest BCUT2D eigenvalue weighted by molar-refractivity contribution is 5.99. The van der Waals surface area contributed by atoms with E-state index in [9.17, 15) is 4.79 Å². The van der Waals surface area contributed by atoms with Gasteiger partial charge in [-0.1, -0.05) is 13.3 Å². The number of carbonyl (C=O) groups is 1. The van der Waals surface area contributed by atoms with Gasteiger partial charge in [0.2, 0.25) is 0 Å². The van der Waals surface area contributed by atoms with Crippen molar-refractivity contribution in [2.24, 2.45) is 0 Å². The number of aryl methyl sites for hydroxylation is 1. The maximum absolute atomic E-state index is 12.1. The zero-order valence-electron chi connectivity index (χ0n) is 14.2. The van der Waals surface area contributed by atoms with Crippen molar-refractivity contribution in [3.05, 3.63) is 35.0 Å². The van der Waals surface area contributed by atoms with Gasteiger partial charge in [-0.15, -0.1) is 0 Å². The first-order chi connectivity index (χ1) is 11.2. The van der Waals surface area contributed by atoms with Crippen LogP contribution in [-0.2, 0) is 6.42 Å². The maximum Gasteiger partial charge on any atom is 0.251 e. The van der Waals surface area contributed by atoms with Crippen LogP contribution in [-0.4, -0.2) is 24.0 Å². The number of aromatic amines is 1. The van der Waals surface area contributed by atoms with E-state index in [0.29, 0.717) is 12.6 Å². The first-order valence-corrected chi connectivity index (χ1v) is 8.90. The molecule has 0 spiro atoms. The fourth-order valence-corrected chi connectivity index (χ4v) is 3.52. The van der Waals surface area contributed by atoms with Crippen LogP contribution < -0.4 is 10.6 Å². The van der Waals surface area contributed by atoms with E-state index >= 15 is 0 Å². The van der Waals surface area contributed by atoms with Crippen molar-refractivity contribution in [1.82, 2.24) is 15.6 Å². The van der Waals surface area contributed by atoms with Gasteiger partial charge in [0.05, 0.1) is 0 Å². The zero-order chi connectivity index (χ0) is 16.2. The van der Waals surface area contributed by atoms with E-state index in [2.05, 4.69) is 22.5 Å². The average molecular weight is 313 g/mol. The number of nitrogens with one attached hydrogen (secondary N) is 3. The first kappa shape index (κ1) is 16.1. The van der Waals surface area contributed by atoms with Gasteiger partial charge in [-0.05, 0) is 62.9 Å². The molecule has 1 unspecified atom stereocenters. The van der Waals surface area contributed by atoms with Crippen LogP contribution in [0.5, 0.6) is 0 Å². The van der Waals surface area contributed by atoms with E-state index in [4.69, 9.17) is 0 Å². The van der Waals surface area contributed by atoms with Crippen LogP contribution in [0.2, 0.25) is 0 Å². The van der Waals surface area contributed by atoms with E-state index < -0.39 is 0 Å². The molecule has 0 saturated heterocycles. The molecule has 1 aliphatic rings. The molecule has 1 amide bonds. The molecule has 0 fully saturated rings. The lowest BCUT2D eigenvalue weighted by Gasteiger charge is -2.24. The maximum atomic E-state index is 12.1. The SMILES string of the molecule is CCCCNC1CCCc2c1[nH]c1ccc(C(=O)NCC)cc21. The minimum Gasteiger partial charge on any atom is -0.357 e. The van der Waals surface area contributed by atoms with E-state index in [-0.39, 0.29) is 5.91 Å². The number of unbranched alkanes of at least 4 members (excludes halogenated alkanes) is 1. The Hall–Kier alpha value is -1.81. The molecule has 4 heteroatoms. The minimum absolute atomic E-state index is 0.0118. The highest BCUT2D eigenvalue weighted by atomic mass is 16.1. The zero-order valence-corrected chi connectivity index (χ0v) is 14.2. The molecule has 1 atom stereocenters. The van der Waals surface area contributed by atoms with Crippen molar-refractivity contribution in [2.45, 2.75) is 52.0 Å². The molecule has 3 N–H and O–H groups in total. The fraction of sp³-hybridized carbons (Fsp3) is 0.526. The number of amides is 1. The van der Waals surface area contributed by atoms with Gasteiger partial charge in [-0.2, -0.15) is 0 Å². The highest BCUT2D eigenvalue weighted by Crippen LogP contribution is 2.35. The van der Waals surface area contributed by atoms with Crippen LogP contribution in [0, 0.1) is 0 Å². The number of fused-ring (bicyclic) bond motifs is 3. The molecule has 0 saturated carbocycles. The van der Waals surface area contributed by atoms with Crippen LogP contribution >= 0.6 is 0 Å². The summed E-state index contributed by atoms with van der Waals surface area (Å²) in [6.45, 7) is 5.90. The molecule has 1 aromatic heterocycles. The number of carbonyl (C=O) groups excluding carboxylic acids is 1. The van der Waals surface area contributed by atoms with Gasteiger partial charge in [0.15, 0.2) is 0 Å². The third-order valence-corrected chi connectivity index (χ3v) is 4.73. The predicted octanol–water partition coefficient (Wildman–Crippen LogP) is 3.68. The summed E-state index contributed by atoms with van der Waals surface area (Å²) in [5.74, 6) is 0.0118. The van der Waals surface area contributed by atoms with Gasteiger partial charge in [-0.25, -0.2) is 0 Å². The Morgan fingerprint density at radius 3 is 3.00 bits per heavy atom. The molecule has 124 valence electrons. The Morgan fingerprint density at radius 2 is 2.22 bits per heavy atom. The molecular formula is C19H27N3O. The highest BCUT2D eigenvalue weighted by Gasteiger charge is 2.24. The number of hydrogen-bond acceptors (Lipinski definition) is 2. The molecular weight excluding hydrogens is 286 g/mol. The third kappa shape index (κ3) is 3.27. The smallest absolute Gasteiger partial charge is 0.251 e. The summed E-state index contributed by atoms with van der Waals surface area (Å²) in [6, 6.07) is 6.42. The molecule has 1 aliphatic carbocycles. The average Bonchev–Trinajstić information content (AvgIpc) is 2.94. The van der Waals surface area contributed by atoms with Gasteiger partial charge in [0.25, 0.3) is 5.91 Å². The number of rotatable bonds is 6. The third-order valence-electron chi connectivity index (χ3n) is 4.73. The summed E-state index contributed by atoms with van der Waals surface area (Å²) < 4.78 is 0. The molecule has 0 radical (unpaired) electrons. The topological polar surface area (TPSA) is 56.9 Å². The Kier molecular flexibility index (Phi) is 5.01. The van der Waals surface area contributed by atoms with Crippen molar-refractivity contribution < 1.29 is 4.79 Å². The number of benzene rings is 1. The van der Waals surface area contributed by atoms with Crippen molar-refractivity contribution in [1.29, 1.82) is 0 Å². The molecule has 23 heavy (non-hydrogen) atoms.